The van der Waals surface area contributed by atoms with E-state index in [1.54, 1.807) is 4.57 Å². The number of anilines is 1. The summed E-state index contributed by atoms with van der Waals surface area (Å²) in [5, 5.41) is 9.59. The minimum absolute atomic E-state index is 0.00608. The fourth-order valence-corrected chi connectivity index (χ4v) is 4.42. The lowest BCUT2D eigenvalue weighted by molar-refractivity contribution is -0.117. The minimum Gasteiger partial charge on any atom is -0.325 e. The molecule has 1 aromatic heterocycles. The van der Waals surface area contributed by atoms with Crippen LogP contribution in [0.2, 0.25) is 0 Å². The molecule has 2 N–H and O–H groups in total. The number of nitrogens with zero attached hydrogens (tertiary/aromatic N) is 4. The van der Waals surface area contributed by atoms with Crippen molar-refractivity contribution in [2.24, 2.45) is 0 Å². The quantitative estimate of drug-likeness (QED) is 0.655. The predicted octanol–water partition coefficient (Wildman–Crippen LogP) is 1.42. The van der Waals surface area contributed by atoms with Crippen LogP contribution in [-0.4, -0.2) is 63.2 Å². The molecule has 2 aliphatic rings. The first-order valence-electron chi connectivity index (χ1n) is 10.7. The minimum atomic E-state index is -0.223. The zero-order chi connectivity index (χ0) is 21.2. The predicted molar refractivity (Wildman–Crippen MR) is 118 cm³/mol. The summed E-state index contributed by atoms with van der Waals surface area (Å²) >= 11 is 0. The number of carbonyl (C=O) groups excluding carboxylic acids is 1. The van der Waals surface area contributed by atoms with Crippen LogP contribution >= 0.6 is 0 Å². The number of amides is 1. The molecule has 0 radical (unpaired) electrons. The van der Waals surface area contributed by atoms with E-state index in [-0.39, 0.29) is 11.6 Å². The largest absolute Gasteiger partial charge is 0.347 e. The molecule has 3 heterocycles. The maximum Gasteiger partial charge on any atom is 0.347 e. The fourth-order valence-electron chi connectivity index (χ4n) is 4.42. The number of aromatic nitrogens is 3. The summed E-state index contributed by atoms with van der Waals surface area (Å²) in [5.74, 6) is 0.745. The summed E-state index contributed by atoms with van der Waals surface area (Å²) in [6, 6.07) is 16.2. The molecule has 31 heavy (non-hydrogen) atoms. The van der Waals surface area contributed by atoms with E-state index in [1.165, 1.54) is 5.56 Å². The second kappa shape index (κ2) is 8.49. The van der Waals surface area contributed by atoms with Gasteiger partial charge in [0, 0.05) is 44.8 Å². The third-order valence-corrected chi connectivity index (χ3v) is 6.05. The van der Waals surface area contributed by atoms with Gasteiger partial charge in [-0.3, -0.25) is 14.6 Å². The maximum absolute atomic E-state index is 12.6. The highest BCUT2D eigenvalue weighted by Gasteiger charge is 2.21. The first-order valence-corrected chi connectivity index (χ1v) is 10.7. The Balaban J connectivity index is 1.15. The molecule has 8 heteroatoms. The molecular formula is C23H26N6O2. The Morgan fingerprint density at radius 3 is 2.58 bits per heavy atom. The molecule has 8 nitrogen and oxygen atoms in total. The molecule has 0 bridgehead atoms. The first kappa shape index (κ1) is 19.7. The normalized spacial score (nSPS) is 16.5. The summed E-state index contributed by atoms with van der Waals surface area (Å²) in [5.41, 5.74) is 3.76. The van der Waals surface area contributed by atoms with Crippen molar-refractivity contribution < 1.29 is 4.79 Å². The number of carbonyl (C=O) groups is 1. The Morgan fingerprint density at radius 1 is 1.00 bits per heavy atom. The molecule has 3 aromatic rings. The van der Waals surface area contributed by atoms with Gasteiger partial charge in [0.2, 0.25) is 5.91 Å². The lowest BCUT2D eigenvalue weighted by Gasteiger charge is -2.34. The number of benzene rings is 2. The van der Waals surface area contributed by atoms with Crippen LogP contribution in [-0.2, 0) is 24.2 Å². The van der Waals surface area contributed by atoms with E-state index in [1.807, 2.05) is 24.3 Å². The highest BCUT2D eigenvalue weighted by molar-refractivity contribution is 5.92. The summed E-state index contributed by atoms with van der Waals surface area (Å²) in [6.45, 7) is 5.04. The molecule has 0 atom stereocenters. The van der Waals surface area contributed by atoms with Gasteiger partial charge in [0.25, 0.3) is 0 Å². The highest BCUT2D eigenvalue weighted by Crippen LogP contribution is 2.25. The standard InChI is InChI=1S/C23H26N6O2/c30-22(16-28-12-10-27(11-13-28)15-17-4-2-1-3-5-17)24-19-7-8-20-18(14-19)6-9-21-25-26-23(31)29(20)21/h1-5,7-8,14H,6,9-13,15-16H2,(H,24,30)(H,26,31). The van der Waals surface area contributed by atoms with Crippen LogP contribution in [0.5, 0.6) is 0 Å². The molecule has 0 saturated carbocycles. The van der Waals surface area contributed by atoms with Crippen molar-refractivity contribution in [3.05, 3.63) is 76.0 Å². The third kappa shape index (κ3) is 4.30. The summed E-state index contributed by atoms with van der Waals surface area (Å²) in [4.78, 5) is 29.2. The monoisotopic (exact) mass is 418 g/mol. The average Bonchev–Trinajstić information content (AvgIpc) is 3.17. The lowest BCUT2D eigenvalue weighted by atomic mass is 10.0. The van der Waals surface area contributed by atoms with Crippen molar-refractivity contribution in [2.45, 2.75) is 19.4 Å². The summed E-state index contributed by atoms with van der Waals surface area (Å²) < 4.78 is 1.61. The van der Waals surface area contributed by atoms with Gasteiger partial charge in [-0.05, 0) is 35.7 Å². The molecule has 160 valence electrons. The first-order chi connectivity index (χ1) is 15.2. The van der Waals surface area contributed by atoms with Gasteiger partial charge >= 0.3 is 5.69 Å². The second-order valence-electron chi connectivity index (χ2n) is 8.21. The molecule has 1 saturated heterocycles. The third-order valence-electron chi connectivity index (χ3n) is 6.05. The Labute approximate surface area is 180 Å². The van der Waals surface area contributed by atoms with Gasteiger partial charge in [-0.25, -0.2) is 14.5 Å². The second-order valence-corrected chi connectivity index (χ2v) is 8.21. The van der Waals surface area contributed by atoms with E-state index in [4.69, 9.17) is 0 Å². The molecule has 2 aromatic carbocycles. The number of fused-ring (bicyclic) bond motifs is 3. The number of piperazine rings is 1. The molecule has 1 amide bonds. The van der Waals surface area contributed by atoms with Crippen LogP contribution in [0, 0.1) is 0 Å². The molecule has 0 spiro atoms. The van der Waals surface area contributed by atoms with Gasteiger partial charge in [0.05, 0.1) is 12.2 Å². The van der Waals surface area contributed by atoms with Gasteiger partial charge in [0.15, 0.2) is 0 Å². The van der Waals surface area contributed by atoms with Crippen molar-refractivity contribution >= 4 is 11.6 Å². The lowest BCUT2D eigenvalue weighted by Crippen LogP contribution is -2.48. The smallest absolute Gasteiger partial charge is 0.325 e. The topological polar surface area (TPSA) is 86.3 Å². The molecule has 5 rings (SSSR count). The Morgan fingerprint density at radius 2 is 1.77 bits per heavy atom. The van der Waals surface area contributed by atoms with E-state index in [0.29, 0.717) is 13.0 Å². The Kier molecular flexibility index (Phi) is 5.40. The van der Waals surface area contributed by atoms with E-state index >= 15 is 0 Å². The number of aromatic amines is 1. The van der Waals surface area contributed by atoms with Gasteiger partial charge < -0.3 is 5.32 Å². The zero-order valence-corrected chi connectivity index (χ0v) is 17.4. The van der Waals surface area contributed by atoms with Crippen molar-refractivity contribution in [1.82, 2.24) is 24.6 Å². The van der Waals surface area contributed by atoms with Crippen LogP contribution in [0.3, 0.4) is 0 Å². The number of H-pyrrole nitrogens is 1. The van der Waals surface area contributed by atoms with Crippen molar-refractivity contribution in [2.75, 3.05) is 38.0 Å². The fraction of sp³-hybridized carbons (Fsp3) is 0.348. The summed E-state index contributed by atoms with van der Waals surface area (Å²) in [7, 11) is 0. The van der Waals surface area contributed by atoms with Crippen LogP contribution in [0.25, 0.3) is 5.69 Å². The van der Waals surface area contributed by atoms with Crippen LogP contribution in [0.1, 0.15) is 17.0 Å². The SMILES string of the molecule is O=C(CN1CCN(Cc2ccccc2)CC1)Nc1ccc2c(c1)CCc1n[nH]c(=O)n1-2. The van der Waals surface area contributed by atoms with Crippen LogP contribution in [0.15, 0.2) is 53.3 Å². The van der Waals surface area contributed by atoms with Gasteiger partial charge in [0.1, 0.15) is 5.82 Å². The van der Waals surface area contributed by atoms with E-state index in [0.717, 1.165) is 61.9 Å². The van der Waals surface area contributed by atoms with Gasteiger partial charge in [-0.1, -0.05) is 30.3 Å². The number of hydrogen-bond acceptors (Lipinski definition) is 5. The average molecular weight is 419 g/mol. The molecular weight excluding hydrogens is 392 g/mol. The van der Waals surface area contributed by atoms with Crippen molar-refractivity contribution in [3.8, 4) is 5.69 Å². The zero-order valence-electron chi connectivity index (χ0n) is 17.4. The number of aryl methyl sites for hydroxylation is 2. The van der Waals surface area contributed by atoms with E-state index in [2.05, 4.69) is 49.6 Å². The van der Waals surface area contributed by atoms with E-state index < -0.39 is 0 Å². The Hall–Kier alpha value is -3.23. The van der Waals surface area contributed by atoms with E-state index in [9.17, 15) is 9.59 Å². The number of rotatable bonds is 5. The molecule has 0 unspecified atom stereocenters. The maximum atomic E-state index is 12.6. The molecule has 1 fully saturated rings. The van der Waals surface area contributed by atoms with Crippen molar-refractivity contribution in [1.29, 1.82) is 0 Å². The van der Waals surface area contributed by atoms with Crippen LogP contribution < -0.4 is 11.0 Å². The number of hydrogen-bond donors (Lipinski definition) is 2. The number of nitrogens with one attached hydrogen (secondary N) is 2. The van der Waals surface area contributed by atoms with Crippen molar-refractivity contribution in [3.63, 3.8) is 0 Å². The van der Waals surface area contributed by atoms with Gasteiger partial charge in [-0.15, -0.1) is 0 Å². The van der Waals surface area contributed by atoms with Crippen LogP contribution in [0.4, 0.5) is 5.69 Å². The molecule has 0 aliphatic carbocycles. The van der Waals surface area contributed by atoms with Gasteiger partial charge in [-0.2, -0.15) is 5.10 Å². The highest BCUT2D eigenvalue weighted by atomic mass is 16.2. The summed E-state index contributed by atoms with van der Waals surface area (Å²) in [6.07, 6.45) is 1.50. The Bertz CT molecular complexity index is 1130. The molecule has 2 aliphatic heterocycles.